The lowest BCUT2D eigenvalue weighted by Crippen LogP contribution is -2.17. The molecule has 160 valence electrons. The van der Waals surface area contributed by atoms with Gasteiger partial charge in [-0.3, -0.25) is 9.78 Å². The van der Waals surface area contributed by atoms with Crippen LogP contribution in [0.25, 0.3) is 0 Å². The van der Waals surface area contributed by atoms with Crippen molar-refractivity contribution in [1.29, 1.82) is 0 Å². The highest BCUT2D eigenvalue weighted by Gasteiger charge is 2.18. The van der Waals surface area contributed by atoms with E-state index in [1.165, 1.54) is 24.4 Å². The molecule has 0 spiro atoms. The third-order valence-corrected chi connectivity index (χ3v) is 4.31. The highest BCUT2D eigenvalue weighted by molar-refractivity contribution is 6.06. The molecule has 7 nitrogen and oxygen atoms in total. The number of nitrogens with one attached hydrogen (secondary N) is 1. The minimum atomic E-state index is -0.997. The lowest BCUT2D eigenvalue weighted by Gasteiger charge is -2.16. The zero-order valence-corrected chi connectivity index (χ0v) is 16.5. The van der Waals surface area contributed by atoms with Gasteiger partial charge in [0.1, 0.15) is 18.5 Å². The first-order valence-electron chi connectivity index (χ1n) is 9.21. The summed E-state index contributed by atoms with van der Waals surface area (Å²) in [5, 5.41) is 2.70. The van der Waals surface area contributed by atoms with Gasteiger partial charge < -0.3 is 20.5 Å². The second-order valence-corrected chi connectivity index (χ2v) is 6.57. The van der Waals surface area contributed by atoms with Crippen molar-refractivity contribution in [3.8, 4) is 5.75 Å². The number of hydrogen-bond acceptors (Lipinski definition) is 5. The van der Waals surface area contributed by atoms with Crippen LogP contribution in [0.3, 0.4) is 0 Å². The summed E-state index contributed by atoms with van der Waals surface area (Å²) in [7, 11) is 0. The van der Waals surface area contributed by atoms with E-state index in [2.05, 4.69) is 10.3 Å². The first-order valence-corrected chi connectivity index (χ1v) is 9.21. The van der Waals surface area contributed by atoms with Gasteiger partial charge in [0.2, 0.25) is 0 Å². The minimum absolute atomic E-state index is 0.100. The van der Waals surface area contributed by atoms with Crippen molar-refractivity contribution in [3.63, 3.8) is 0 Å². The van der Waals surface area contributed by atoms with Crippen molar-refractivity contribution < 1.29 is 27.8 Å². The van der Waals surface area contributed by atoms with Crippen molar-refractivity contribution in [2.75, 3.05) is 5.32 Å². The summed E-state index contributed by atoms with van der Waals surface area (Å²) in [6, 6.07) is 11.3. The number of rotatable bonds is 7. The monoisotopic (exact) mass is 427 g/mol. The fourth-order valence-electron chi connectivity index (χ4n) is 2.77. The van der Waals surface area contributed by atoms with Crippen LogP contribution in [0.15, 0.2) is 60.9 Å². The summed E-state index contributed by atoms with van der Waals surface area (Å²) in [6.45, 7) is 1.50. The van der Waals surface area contributed by atoms with Crippen LogP contribution in [0.2, 0.25) is 0 Å². The number of carbonyl (C=O) groups is 2. The largest absolute Gasteiger partial charge is 0.488 e. The van der Waals surface area contributed by atoms with E-state index in [0.29, 0.717) is 16.8 Å². The number of hydrogen-bond donors (Lipinski definition) is 2. The van der Waals surface area contributed by atoms with Crippen LogP contribution in [-0.4, -0.2) is 17.0 Å². The fourth-order valence-corrected chi connectivity index (χ4v) is 2.77. The smallest absolute Gasteiger partial charge is 0.405 e. The summed E-state index contributed by atoms with van der Waals surface area (Å²) in [5.41, 5.74) is 6.56. The topological polar surface area (TPSA) is 104 Å². The molecule has 1 heterocycles. The summed E-state index contributed by atoms with van der Waals surface area (Å²) in [6.07, 6.45) is 1.38. The van der Waals surface area contributed by atoms with Crippen LogP contribution in [0.5, 0.6) is 5.75 Å². The quantitative estimate of drug-likeness (QED) is 0.584. The number of anilines is 1. The van der Waals surface area contributed by atoms with Crippen LogP contribution in [-0.2, 0) is 11.3 Å². The fraction of sp³-hybridized carbons (Fsp3) is 0.136. The van der Waals surface area contributed by atoms with Crippen molar-refractivity contribution >= 4 is 17.7 Å². The van der Waals surface area contributed by atoms with Gasteiger partial charge in [-0.15, -0.1) is 0 Å². The highest BCUT2D eigenvalue weighted by Crippen LogP contribution is 2.27. The molecule has 0 fully saturated rings. The second kappa shape index (κ2) is 9.66. The Morgan fingerprint density at radius 3 is 2.61 bits per heavy atom. The molecule has 0 aliphatic heterocycles. The van der Waals surface area contributed by atoms with E-state index >= 15 is 0 Å². The lowest BCUT2D eigenvalue weighted by molar-refractivity contribution is 0.102. The van der Waals surface area contributed by atoms with Crippen LogP contribution < -0.4 is 15.8 Å². The number of carbonyl (C=O) groups excluding carboxylic acids is 2. The summed E-state index contributed by atoms with van der Waals surface area (Å²) >= 11 is 0. The van der Waals surface area contributed by atoms with Gasteiger partial charge in [-0.25, -0.2) is 13.6 Å². The van der Waals surface area contributed by atoms with Crippen molar-refractivity contribution in [2.24, 2.45) is 5.73 Å². The van der Waals surface area contributed by atoms with Crippen molar-refractivity contribution in [2.45, 2.75) is 19.6 Å². The van der Waals surface area contributed by atoms with E-state index in [-0.39, 0.29) is 17.9 Å². The molecule has 2 aromatic carbocycles. The minimum Gasteiger partial charge on any atom is -0.488 e. The van der Waals surface area contributed by atoms with E-state index in [1.807, 2.05) is 0 Å². The van der Waals surface area contributed by atoms with E-state index in [1.54, 1.807) is 31.3 Å². The lowest BCUT2D eigenvalue weighted by atomic mass is 10.0. The molecule has 0 aliphatic rings. The standard InChI is InChI=1S/C22H19F2N3O4/c1-13(31-22(25)29)15-5-7-20(30-12-14-4-6-18(23)19(24)9-14)17(10-15)21(28)27-16-3-2-8-26-11-16/h2-11,13H,12H2,1H3,(H2,25,29)(H,27,28). The number of halogens is 2. The molecule has 3 N–H and O–H groups in total. The van der Waals surface area contributed by atoms with Gasteiger partial charge in [-0.1, -0.05) is 12.1 Å². The third-order valence-electron chi connectivity index (χ3n) is 4.31. The Kier molecular flexibility index (Phi) is 6.76. The van der Waals surface area contributed by atoms with Crippen LogP contribution in [0.4, 0.5) is 19.3 Å². The molecular formula is C22H19F2N3O4. The number of primary amides is 1. The molecule has 1 unspecified atom stereocenters. The second-order valence-electron chi connectivity index (χ2n) is 6.57. The first kappa shape index (κ1) is 21.7. The zero-order chi connectivity index (χ0) is 22.4. The van der Waals surface area contributed by atoms with Crippen LogP contribution in [0, 0.1) is 11.6 Å². The maximum absolute atomic E-state index is 13.4. The maximum atomic E-state index is 13.4. The van der Waals surface area contributed by atoms with Crippen LogP contribution in [0.1, 0.15) is 34.5 Å². The third kappa shape index (κ3) is 5.75. The molecule has 1 aromatic heterocycles. The normalized spacial score (nSPS) is 11.5. The van der Waals surface area contributed by atoms with E-state index < -0.39 is 29.7 Å². The molecule has 0 bridgehead atoms. The Morgan fingerprint density at radius 2 is 1.94 bits per heavy atom. The predicted octanol–water partition coefficient (Wildman–Crippen LogP) is 4.35. The average Bonchev–Trinajstić information content (AvgIpc) is 2.74. The zero-order valence-electron chi connectivity index (χ0n) is 16.5. The molecule has 3 rings (SSSR count). The van der Waals surface area contributed by atoms with Gasteiger partial charge in [0.15, 0.2) is 11.6 Å². The molecule has 2 amide bonds. The Bertz CT molecular complexity index is 1090. The van der Waals surface area contributed by atoms with Crippen molar-refractivity contribution in [3.05, 3.63) is 89.2 Å². The molecule has 3 aromatic rings. The highest BCUT2D eigenvalue weighted by atomic mass is 19.2. The Labute approximate surface area is 176 Å². The summed E-state index contributed by atoms with van der Waals surface area (Å²) in [5.74, 6) is -2.26. The molecule has 0 radical (unpaired) electrons. The predicted molar refractivity (Wildman–Crippen MR) is 108 cm³/mol. The van der Waals surface area contributed by atoms with E-state index in [0.717, 1.165) is 12.1 Å². The first-order chi connectivity index (χ1) is 14.8. The summed E-state index contributed by atoms with van der Waals surface area (Å²) < 4.78 is 37.2. The van der Waals surface area contributed by atoms with Gasteiger partial charge in [0.25, 0.3) is 5.91 Å². The Balaban J connectivity index is 1.87. The molecular weight excluding hydrogens is 408 g/mol. The van der Waals surface area contributed by atoms with Gasteiger partial charge >= 0.3 is 6.09 Å². The Morgan fingerprint density at radius 1 is 1.13 bits per heavy atom. The summed E-state index contributed by atoms with van der Waals surface area (Å²) in [4.78, 5) is 27.9. The average molecular weight is 427 g/mol. The molecule has 0 aliphatic carbocycles. The molecule has 31 heavy (non-hydrogen) atoms. The van der Waals surface area contributed by atoms with Crippen LogP contribution >= 0.6 is 0 Å². The maximum Gasteiger partial charge on any atom is 0.405 e. The van der Waals surface area contributed by atoms with Gasteiger partial charge in [0, 0.05) is 6.20 Å². The number of nitrogens with zero attached hydrogens (tertiary/aromatic N) is 1. The number of pyridine rings is 1. The van der Waals surface area contributed by atoms with Crippen molar-refractivity contribution in [1.82, 2.24) is 4.98 Å². The molecule has 0 saturated carbocycles. The SMILES string of the molecule is CC(OC(N)=O)c1ccc(OCc2ccc(F)c(F)c2)c(C(=O)Nc2cccnc2)c1. The van der Waals surface area contributed by atoms with E-state index in [4.69, 9.17) is 15.2 Å². The molecule has 1 atom stereocenters. The molecule has 0 saturated heterocycles. The number of aromatic nitrogens is 1. The van der Waals surface area contributed by atoms with Gasteiger partial charge in [0.05, 0.1) is 17.4 Å². The van der Waals surface area contributed by atoms with Gasteiger partial charge in [-0.2, -0.15) is 0 Å². The number of nitrogens with two attached hydrogens (primary N) is 1. The molecule has 9 heteroatoms. The van der Waals surface area contributed by atoms with E-state index in [9.17, 15) is 18.4 Å². The van der Waals surface area contributed by atoms with Gasteiger partial charge in [-0.05, 0) is 54.4 Å². The number of amides is 2. The number of ether oxygens (including phenoxy) is 2. The Hall–Kier alpha value is -4.01. The number of benzene rings is 2.